The van der Waals surface area contributed by atoms with Gasteiger partial charge in [-0.05, 0) is 32.9 Å². The van der Waals surface area contributed by atoms with E-state index in [4.69, 9.17) is 0 Å². The summed E-state index contributed by atoms with van der Waals surface area (Å²) in [6.45, 7) is 8.03. The summed E-state index contributed by atoms with van der Waals surface area (Å²) in [5.74, 6) is -0.469. The number of aryl methyl sites for hydroxylation is 1. The molecule has 0 bridgehead atoms. The minimum Gasteiger partial charge on any atom is -0.353 e. The zero-order chi connectivity index (χ0) is 18.3. The van der Waals surface area contributed by atoms with E-state index >= 15 is 0 Å². The van der Waals surface area contributed by atoms with E-state index in [-0.39, 0.29) is 36.6 Å². The maximum absolute atomic E-state index is 12.2. The standard InChI is InChI=1S/C16H24N4O4/c1-5-19(9-15(21)17-11(2)3)10-16(22)18-14-8-13(20(23)24)7-6-12(14)4/h6-8,11H,5,9-10H2,1-4H3,(H,17,21)(H,18,22). The predicted octanol–water partition coefficient (Wildman–Crippen LogP) is 1.69. The number of rotatable bonds is 8. The Kier molecular flexibility index (Phi) is 7.31. The second-order valence-corrected chi connectivity index (χ2v) is 5.83. The average molecular weight is 336 g/mol. The molecule has 132 valence electrons. The Hall–Kier alpha value is -2.48. The zero-order valence-electron chi connectivity index (χ0n) is 14.5. The van der Waals surface area contributed by atoms with Gasteiger partial charge in [0.1, 0.15) is 0 Å². The van der Waals surface area contributed by atoms with Crippen molar-refractivity contribution in [3.8, 4) is 0 Å². The monoisotopic (exact) mass is 336 g/mol. The molecule has 2 N–H and O–H groups in total. The van der Waals surface area contributed by atoms with E-state index in [1.165, 1.54) is 12.1 Å². The molecule has 1 aromatic carbocycles. The van der Waals surface area contributed by atoms with Crippen molar-refractivity contribution in [1.29, 1.82) is 0 Å². The SMILES string of the molecule is CCN(CC(=O)Nc1cc([N+](=O)[O-])ccc1C)CC(=O)NC(C)C. The summed E-state index contributed by atoms with van der Waals surface area (Å²) in [7, 11) is 0. The van der Waals surface area contributed by atoms with Crippen LogP contribution in [0.5, 0.6) is 0 Å². The molecule has 0 atom stereocenters. The van der Waals surface area contributed by atoms with Crippen LogP contribution in [0.2, 0.25) is 0 Å². The van der Waals surface area contributed by atoms with Crippen LogP contribution in [0.25, 0.3) is 0 Å². The molecule has 0 aliphatic rings. The number of benzene rings is 1. The number of non-ortho nitro benzene ring substituents is 1. The number of likely N-dealkylation sites (N-methyl/N-ethyl adjacent to an activating group) is 1. The molecule has 0 radical (unpaired) electrons. The topological polar surface area (TPSA) is 105 Å². The number of carbonyl (C=O) groups is 2. The summed E-state index contributed by atoms with van der Waals surface area (Å²) < 4.78 is 0. The molecule has 0 fully saturated rings. The first kappa shape index (κ1) is 19.6. The molecule has 24 heavy (non-hydrogen) atoms. The highest BCUT2D eigenvalue weighted by molar-refractivity contribution is 5.93. The second-order valence-electron chi connectivity index (χ2n) is 5.83. The molecule has 0 aromatic heterocycles. The van der Waals surface area contributed by atoms with Crippen molar-refractivity contribution < 1.29 is 14.5 Å². The van der Waals surface area contributed by atoms with Gasteiger partial charge in [-0.15, -0.1) is 0 Å². The number of nitro groups is 1. The van der Waals surface area contributed by atoms with Crippen LogP contribution in [0.1, 0.15) is 26.3 Å². The van der Waals surface area contributed by atoms with E-state index in [1.807, 2.05) is 20.8 Å². The summed E-state index contributed by atoms with van der Waals surface area (Å²) in [6.07, 6.45) is 0. The minimum absolute atomic E-state index is 0.0319. The third kappa shape index (κ3) is 6.33. The molecule has 0 spiro atoms. The Morgan fingerprint density at radius 2 is 1.88 bits per heavy atom. The van der Waals surface area contributed by atoms with Gasteiger partial charge in [-0.1, -0.05) is 13.0 Å². The van der Waals surface area contributed by atoms with Crippen LogP contribution in [0.4, 0.5) is 11.4 Å². The molecule has 0 heterocycles. The first-order chi connectivity index (χ1) is 11.2. The third-order valence-electron chi connectivity index (χ3n) is 3.34. The van der Waals surface area contributed by atoms with Crippen molar-refractivity contribution in [2.75, 3.05) is 25.0 Å². The van der Waals surface area contributed by atoms with Gasteiger partial charge in [-0.3, -0.25) is 24.6 Å². The van der Waals surface area contributed by atoms with Gasteiger partial charge < -0.3 is 10.6 Å². The van der Waals surface area contributed by atoms with Crippen LogP contribution in [0.15, 0.2) is 18.2 Å². The van der Waals surface area contributed by atoms with Gasteiger partial charge >= 0.3 is 0 Å². The molecule has 8 nitrogen and oxygen atoms in total. The number of nitrogens with zero attached hydrogens (tertiary/aromatic N) is 2. The number of carbonyl (C=O) groups excluding carboxylic acids is 2. The Labute approximate surface area is 141 Å². The molecule has 8 heteroatoms. The van der Waals surface area contributed by atoms with Crippen LogP contribution < -0.4 is 10.6 Å². The first-order valence-corrected chi connectivity index (χ1v) is 7.79. The van der Waals surface area contributed by atoms with E-state index in [1.54, 1.807) is 17.9 Å². The molecule has 0 aliphatic heterocycles. The van der Waals surface area contributed by atoms with E-state index < -0.39 is 4.92 Å². The van der Waals surface area contributed by atoms with Crippen LogP contribution in [0, 0.1) is 17.0 Å². The number of hydrogen-bond donors (Lipinski definition) is 2. The van der Waals surface area contributed by atoms with Crippen LogP contribution >= 0.6 is 0 Å². The summed E-state index contributed by atoms with van der Waals surface area (Å²) in [5.41, 5.74) is 1.05. The molecule has 0 saturated heterocycles. The lowest BCUT2D eigenvalue weighted by Crippen LogP contribution is -2.42. The summed E-state index contributed by atoms with van der Waals surface area (Å²) >= 11 is 0. The fourth-order valence-electron chi connectivity index (χ4n) is 2.10. The smallest absolute Gasteiger partial charge is 0.271 e. The third-order valence-corrected chi connectivity index (χ3v) is 3.34. The predicted molar refractivity (Wildman–Crippen MR) is 91.9 cm³/mol. The molecule has 0 unspecified atom stereocenters. The maximum atomic E-state index is 12.2. The van der Waals surface area contributed by atoms with Crippen molar-refractivity contribution >= 4 is 23.2 Å². The molecule has 0 aliphatic carbocycles. The van der Waals surface area contributed by atoms with Gasteiger partial charge in [-0.25, -0.2) is 0 Å². The van der Waals surface area contributed by atoms with Gasteiger partial charge in [-0.2, -0.15) is 0 Å². The van der Waals surface area contributed by atoms with Gasteiger partial charge in [0.15, 0.2) is 0 Å². The van der Waals surface area contributed by atoms with Crippen molar-refractivity contribution in [2.24, 2.45) is 0 Å². The molecule has 1 aromatic rings. The highest BCUT2D eigenvalue weighted by Gasteiger charge is 2.15. The van der Waals surface area contributed by atoms with Crippen molar-refractivity contribution in [2.45, 2.75) is 33.7 Å². The number of hydrogen-bond acceptors (Lipinski definition) is 5. The number of nitrogens with one attached hydrogen (secondary N) is 2. The Morgan fingerprint density at radius 3 is 2.42 bits per heavy atom. The fourth-order valence-corrected chi connectivity index (χ4v) is 2.10. The van der Waals surface area contributed by atoms with Crippen molar-refractivity contribution in [3.05, 3.63) is 33.9 Å². The fraction of sp³-hybridized carbons (Fsp3) is 0.500. The van der Waals surface area contributed by atoms with Crippen LogP contribution in [-0.2, 0) is 9.59 Å². The number of amides is 2. The van der Waals surface area contributed by atoms with Crippen LogP contribution in [0.3, 0.4) is 0 Å². The molecule has 2 amide bonds. The first-order valence-electron chi connectivity index (χ1n) is 7.79. The largest absolute Gasteiger partial charge is 0.353 e. The van der Waals surface area contributed by atoms with E-state index in [0.29, 0.717) is 12.2 Å². The number of anilines is 1. The summed E-state index contributed by atoms with van der Waals surface area (Å²) in [4.78, 5) is 35.9. The van der Waals surface area contributed by atoms with Crippen molar-refractivity contribution in [3.63, 3.8) is 0 Å². The normalized spacial score (nSPS) is 10.8. The van der Waals surface area contributed by atoms with Gasteiger partial charge in [0.25, 0.3) is 5.69 Å². The lowest BCUT2D eigenvalue weighted by molar-refractivity contribution is -0.384. The Morgan fingerprint density at radius 1 is 1.25 bits per heavy atom. The zero-order valence-corrected chi connectivity index (χ0v) is 14.5. The van der Waals surface area contributed by atoms with Crippen LogP contribution in [-0.4, -0.2) is 47.3 Å². The van der Waals surface area contributed by atoms with Crippen molar-refractivity contribution in [1.82, 2.24) is 10.2 Å². The minimum atomic E-state index is -0.510. The average Bonchev–Trinajstić information content (AvgIpc) is 2.47. The maximum Gasteiger partial charge on any atom is 0.271 e. The van der Waals surface area contributed by atoms with Gasteiger partial charge in [0.05, 0.1) is 23.7 Å². The molecular weight excluding hydrogens is 312 g/mol. The van der Waals surface area contributed by atoms with E-state index in [2.05, 4.69) is 10.6 Å². The van der Waals surface area contributed by atoms with E-state index in [9.17, 15) is 19.7 Å². The Bertz CT molecular complexity index is 616. The summed E-state index contributed by atoms with van der Waals surface area (Å²) in [6, 6.07) is 4.34. The molecular formula is C16H24N4O4. The lowest BCUT2D eigenvalue weighted by Gasteiger charge is -2.20. The van der Waals surface area contributed by atoms with Gasteiger partial charge in [0, 0.05) is 18.2 Å². The molecule has 1 rings (SSSR count). The highest BCUT2D eigenvalue weighted by atomic mass is 16.6. The second kappa shape index (κ2) is 8.97. The quantitative estimate of drug-likeness (QED) is 0.555. The molecule has 0 saturated carbocycles. The Balaban J connectivity index is 2.68. The summed E-state index contributed by atoms with van der Waals surface area (Å²) in [5, 5.41) is 16.3. The lowest BCUT2D eigenvalue weighted by atomic mass is 10.2. The highest BCUT2D eigenvalue weighted by Crippen LogP contribution is 2.21. The van der Waals surface area contributed by atoms with E-state index in [0.717, 1.165) is 5.56 Å². The number of nitro benzene ring substituents is 1. The van der Waals surface area contributed by atoms with Gasteiger partial charge in [0.2, 0.25) is 11.8 Å².